The van der Waals surface area contributed by atoms with Crippen LogP contribution in [-0.4, -0.2) is 49.8 Å². The first-order valence-electron chi connectivity index (χ1n) is 8.29. The third kappa shape index (κ3) is 4.13. The summed E-state index contributed by atoms with van der Waals surface area (Å²) >= 11 is 0. The van der Waals surface area contributed by atoms with Gasteiger partial charge in [0.2, 0.25) is 0 Å². The van der Waals surface area contributed by atoms with Crippen molar-refractivity contribution in [1.82, 2.24) is 15.5 Å². The fourth-order valence-electron chi connectivity index (χ4n) is 3.17. The molecule has 120 valence electrons. The number of carbonyl (C=O) groups excluding carboxylic acids is 1. The van der Waals surface area contributed by atoms with Crippen molar-refractivity contribution in [3.63, 3.8) is 0 Å². The van der Waals surface area contributed by atoms with Gasteiger partial charge >= 0.3 is 6.03 Å². The van der Waals surface area contributed by atoms with Gasteiger partial charge in [0, 0.05) is 6.54 Å². The van der Waals surface area contributed by atoms with Gasteiger partial charge in [-0.2, -0.15) is 0 Å². The molecule has 2 aliphatic rings. The fourth-order valence-corrected chi connectivity index (χ4v) is 3.17. The number of urea groups is 1. The molecule has 1 saturated heterocycles. The number of carbonyl (C=O) groups is 1. The second-order valence-electron chi connectivity index (χ2n) is 6.12. The second-order valence-corrected chi connectivity index (χ2v) is 6.12. The molecule has 3 rings (SSSR count). The summed E-state index contributed by atoms with van der Waals surface area (Å²) in [6.07, 6.45) is 4.48. The summed E-state index contributed by atoms with van der Waals surface area (Å²) < 4.78 is 5.68. The second kappa shape index (κ2) is 7.49. The third-order valence-electron chi connectivity index (χ3n) is 4.35. The Morgan fingerprint density at radius 1 is 1.27 bits per heavy atom. The zero-order chi connectivity index (χ0) is 15.2. The van der Waals surface area contributed by atoms with Crippen LogP contribution in [0.5, 0.6) is 5.75 Å². The lowest BCUT2D eigenvalue weighted by molar-refractivity contribution is 0.214. The van der Waals surface area contributed by atoms with Crippen LogP contribution < -0.4 is 15.4 Å². The molecule has 0 aromatic heterocycles. The van der Waals surface area contributed by atoms with Crippen LogP contribution in [0.1, 0.15) is 24.8 Å². The van der Waals surface area contributed by atoms with Gasteiger partial charge in [-0.3, -0.25) is 0 Å². The minimum atomic E-state index is -0.0885. The number of amides is 2. The number of nitrogens with one attached hydrogen (secondary N) is 2. The molecule has 2 heterocycles. The number of hydrogen-bond donors (Lipinski definition) is 2. The molecule has 1 aromatic carbocycles. The monoisotopic (exact) mass is 303 g/mol. The van der Waals surface area contributed by atoms with Crippen LogP contribution in [0.15, 0.2) is 24.3 Å². The molecule has 1 fully saturated rings. The molecular weight excluding hydrogens is 278 g/mol. The van der Waals surface area contributed by atoms with Gasteiger partial charge in [0.1, 0.15) is 12.4 Å². The number of hydrogen-bond acceptors (Lipinski definition) is 3. The summed E-state index contributed by atoms with van der Waals surface area (Å²) in [4.78, 5) is 14.4. The van der Waals surface area contributed by atoms with E-state index in [0.717, 1.165) is 37.2 Å². The summed E-state index contributed by atoms with van der Waals surface area (Å²) in [5.74, 6) is 0.937. The van der Waals surface area contributed by atoms with Crippen molar-refractivity contribution in [2.24, 2.45) is 0 Å². The lowest BCUT2D eigenvalue weighted by atomic mass is 10.0. The normalized spacial score (nSPS) is 21.0. The molecule has 5 heteroatoms. The predicted molar refractivity (Wildman–Crippen MR) is 86.3 cm³/mol. The molecule has 1 aromatic rings. The van der Waals surface area contributed by atoms with Gasteiger partial charge in [-0.25, -0.2) is 4.79 Å². The summed E-state index contributed by atoms with van der Waals surface area (Å²) in [6.45, 7) is 4.78. The largest absolute Gasteiger partial charge is 0.491 e. The maximum atomic E-state index is 11.9. The van der Waals surface area contributed by atoms with Crippen molar-refractivity contribution in [3.05, 3.63) is 29.8 Å². The Balaban J connectivity index is 1.34. The van der Waals surface area contributed by atoms with E-state index in [-0.39, 0.29) is 12.1 Å². The maximum absolute atomic E-state index is 11.9. The minimum absolute atomic E-state index is 0.0495. The average molecular weight is 303 g/mol. The molecule has 1 atom stereocenters. The first kappa shape index (κ1) is 15.2. The fraction of sp³-hybridized carbons (Fsp3) is 0.588. The predicted octanol–water partition coefficient (Wildman–Crippen LogP) is 1.78. The Morgan fingerprint density at radius 2 is 2.09 bits per heavy atom. The van der Waals surface area contributed by atoms with E-state index in [2.05, 4.69) is 21.6 Å². The number of likely N-dealkylation sites (tertiary alicyclic amines) is 1. The molecule has 5 nitrogen and oxygen atoms in total. The molecule has 2 N–H and O–H groups in total. The minimum Gasteiger partial charge on any atom is -0.491 e. The van der Waals surface area contributed by atoms with E-state index < -0.39 is 0 Å². The van der Waals surface area contributed by atoms with E-state index in [0.29, 0.717) is 6.61 Å². The smallest absolute Gasteiger partial charge is 0.315 e. The van der Waals surface area contributed by atoms with Crippen molar-refractivity contribution in [2.45, 2.75) is 31.7 Å². The maximum Gasteiger partial charge on any atom is 0.315 e. The Morgan fingerprint density at radius 3 is 2.95 bits per heavy atom. The van der Waals surface area contributed by atoms with Crippen molar-refractivity contribution in [1.29, 1.82) is 0 Å². The van der Waals surface area contributed by atoms with Crippen LogP contribution in [0.3, 0.4) is 0 Å². The number of para-hydroxylation sites is 1. The van der Waals surface area contributed by atoms with Crippen LogP contribution in [0.2, 0.25) is 0 Å². The summed E-state index contributed by atoms with van der Waals surface area (Å²) in [5.41, 5.74) is 1.16. The first-order valence-corrected chi connectivity index (χ1v) is 8.29. The van der Waals surface area contributed by atoms with Crippen LogP contribution in [0, 0.1) is 0 Å². The molecule has 2 amide bonds. The van der Waals surface area contributed by atoms with Crippen molar-refractivity contribution in [2.75, 3.05) is 32.8 Å². The van der Waals surface area contributed by atoms with Gasteiger partial charge in [0.15, 0.2) is 0 Å². The van der Waals surface area contributed by atoms with Crippen LogP contribution in [-0.2, 0) is 6.42 Å². The van der Waals surface area contributed by atoms with E-state index in [1.54, 1.807) is 0 Å². The lowest BCUT2D eigenvalue weighted by Crippen LogP contribution is -2.47. The molecule has 22 heavy (non-hydrogen) atoms. The number of rotatable bonds is 5. The first-order chi connectivity index (χ1) is 10.8. The third-order valence-corrected chi connectivity index (χ3v) is 4.35. The van der Waals surface area contributed by atoms with Gasteiger partial charge in [-0.05, 0) is 56.9 Å². The van der Waals surface area contributed by atoms with Gasteiger partial charge in [-0.15, -0.1) is 0 Å². The number of ether oxygens (including phenoxy) is 1. The molecule has 0 aliphatic carbocycles. The molecule has 0 unspecified atom stereocenters. The van der Waals surface area contributed by atoms with Crippen LogP contribution in [0.4, 0.5) is 4.79 Å². The topological polar surface area (TPSA) is 53.6 Å². The highest BCUT2D eigenvalue weighted by Crippen LogP contribution is 2.23. The van der Waals surface area contributed by atoms with Crippen molar-refractivity contribution in [3.8, 4) is 5.75 Å². The Kier molecular flexibility index (Phi) is 5.16. The standard InChI is InChI=1S/C17H25N3O2/c21-17(18-8-5-11-20-9-3-4-10-20)19-15-12-14-6-1-2-7-16(14)22-13-15/h1-2,6-7,15H,3-5,8-13H2,(H2,18,19,21)/t15-/m0/s1. The zero-order valence-corrected chi connectivity index (χ0v) is 13.0. The SMILES string of the molecule is O=C(NCCCN1CCCC1)N[C@@H]1COc2ccccc2C1. The van der Waals surface area contributed by atoms with E-state index >= 15 is 0 Å². The Labute approximate surface area is 132 Å². The van der Waals surface area contributed by atoms with Crippen molar-refractivity contribution >= 4 is 6.03 Å². The summed E-state index contributed by atoms with van der Waals surface area (Å²) in [5, 5.41) is 5.95. The highest BCUT2D eigenvalue weighted by Gasteiger charge is 2.20. The molecular formula is C17H25N3O2. The summed E-state index contributed by atoms with van der Waals surface area (Å²) in [6, 6.07) is 7.96. The molecule has 2 aliphatic heterocycles. The molecule has 0 bridgehead atoms. The van der Waals surface area contributed by atoms with E-state index in [1.807, 2.05) is 18.2 Å². The number of benzene rings is 1. The van der Waals surface area contributed by atoms with Crippen LogP contribution in [0.25, 0.3) is 0 Å². The number of fused-ring (bicyclic) bond motifs is 1. The zero-order valence-electron chi connectivity index (χ0n) is 13.0. The average Bonchev–Trinajstić information content (AvgIpc) is 3.05. The Hall–Kier alpha value is -1.75. The van der Waals surface area contributed by atoms with E-state index in [4.69, 9.17) is 4.74 Å². The van der Waals surface area contributed by atoms with Gasteiger partial charge in [0.05, 0.1) is 6.04 Å². The van der Waals surface area contributed by atoms with Crippen molar-refractivity contribution < 1.29 is 9.53 Å². The van der Waals surface area contributed by atoms with E-state index in [1.165, 1.54) is 25.9 Å². The lowest BCUT2D eigenvalue weighted by Gasteiger charge is -2.26. The van der Waals surface area contributed by atoms with Crippen LogP contribution >= 0.6 is 0 Å². The van der Waals surface area contributed by atoms with Gasteiger partial charge < -0.3 is 20.3 Å². The summed E-state index contributed by atoms with van der Waals surface area (Å²) in [7, 11) is 0. The molecule has 0 spiro atoms. The van der Waals surface area contributed by atoms with Gasteiger partial charge in [-0.1, -0.05) is 18.2 Å². The highest BCUT2D eigenvalue weighted by molar-refractivity contribution is 5.74. The number of nitrogens with zero attached hydrogens (tertiary/aromatic N) is 1. The molecule has 0 radical (unpaired) electrons. The highest BCUT2D eigenvalue weighted by atomic mass is 16.5. The Bertz CT molecular complexity index is 500. The van der Waals surface area contributed by atoms with E-state index in [9.17, 15) is 4.79 Å². The molecule has 0 saturated carbocycles. The quantitative estimate of drug-likeness (QED) is 0.815. The van der Waals surface area contributed by atoms with Gasteiger partial charge in [0.25, 0.3) is 0 Å².